The third-order valence-electron chi connectivity index (χ3n) is 3.34. The van der Waals surface area contributed by atoms with E-state index < -0.39 is 0 Å². The lowest BCUT2D eigenvalue weighted by Crippen LogP contribution is -2.24. The van der Waals surface area contributed by atoms with Gasteiger partial charge in [0.15, 0.2) is 0 Å². The van der Waals surface area contributed by atoms with Crippen molar-refractivity contribution in [3.63, 3.8) is 0 Å². The topological polar surface area (TPSA) is 62.3 Å². The fourth-order valence-electron chi connectivity index (χ4n) is 2.21. The maximum atomic E-state index is 11.9. The average molecular weight is 346 g/mol. The molecule has 1 N–H and O–H groups in total. The summed E-state index contributed by atoms with van der Waals surface area (Å²) in [5, 5.41) is 3.20. The minimum absolute atomic E-state index is 0.254. The van der Waals surface area contributed by atoms with Gasteiger partial charge in [0.05, 0.1) is 23.4 Å². The predicted octanol–water partition coefficient (Wildman–Crippen LogP) is 2.68. The van der Waals surface area contributed by atoms with E-state index in [9.17, 15) is 9.59 Å². The molecule has 2 heterocycles. The van der Waals surface area contributed by atoms with Gasteiger partial charge in [0.2, 0.25) is 0 Å². The molecular formula is C15H12BrN3O2. The normalized spacial score (nSPS) is 13.5. The van der Waals surface area contributed by atoms with Gasteiger partial charge < -0.3 is 5.32 Å². The number of pyridine rings is 1. The summed E-state index contributed by atoms with van der Waals surface area (Å²) < 4.78 is 0.776. The monoisotopic (exact) mass is 345 g/mol. The number of hydrogen-bond donors (Lipinski definition) is 1. The number of carbonyl (C=O) groups is 2. The van der Waals surface area contributed by atoms with Crippen molar-refractivity contribution in [1.29, 1.82) is 0 Å². The summed E-state index contributed by atoms with van der Waals surface area (Å²) in [6, 6.07) is 10.9. The smallest absolute Gasteiger partial charge is 0.261 e. The molecule has 0 bridgehead atoms. The fraction of sp³-hybridized carbons (Fsp3) is 0.133. The summed E-state index contributed by atoms with van der Waals surface area (Å²) in [4.78, 5) is 29.2. The summed E-state index contributed by atoms with van der Waals surface area (Å²) in [6.07, 6.45) is 0. The molecule has 0 spiro atoms. The van der Waals surface area contributed by atoms with E-state index in [0.29, 0.717) is 17.7 Å². The van der Waals surface area contributed by atoms with E-state index in [1.165, 1.54) is 7.05 Å². The lowest BCUT2D eigenvalue weighted by molar-refractivity contribution is 0.0693. The van der Waals surface area contributed by atoms with Gasteiger partial charge in [-0.15, -0.1) is 0 Å². The fourth-order valence-corrected chi connectivity index (χ4v) is 2.59. The standard InChI is InChI=1S/C15H12BrN3O2/c1-19-14(20)11-6-5-9(7-12(11)15(19)21)17-8-10-3-2-4-13(16)18-10/h2-7,17H,8H2,1H3. The Morgan fingerprint density at radius 3 is 2.67 bits per heavy atom. The van der Waals surface area contributed by atoms with Gasteiger partial charge in [-0.05, 0) is 46.3 Å². The van der Waals surface area contributed by atoms with Crippen LogP contribution in [0.2, 0.25) is 0 Å². The molecule has 1 aromatic carbocycles. The third-order valence-corrected chi connectivity index (χ3v) is 3.78. The van der Waals surface area contributed by atoms with Crippen LogP contribution in [0.1, 0.15) is 26.4 Å². The van der Waals surface area contributed by atoms with Gasteiger partial charge in [-0.25, -0.2) is 4.98 Å². The van der Waals surface area contributed by atoms with Crippen LogP contribution >= 0.6 is 15.9 Å². The molecular weight excluding hydrogens is 334 g/mol. The van der Waals surface area contributed by atoms with Gasteiger partial charge in [0.25, 0.3) is 11.8 Å². The summed E-state index contributed by atoms with van der Waals surface area (Å²) in [5.74, 6) is -0.519. The second-order valence-corrected chi connectivity index (χ2v) is 5.55. The quantitative estimate of drug-likeness (QED) is 0.686. The lowest BCUT2D eigenvalue weighted by atomic mass is 10.1. The van der Waals surface area contributed by atoms with E-state index in [1.807, 2.05) is 18.2 Å². The summed E-state index contributed by atoms with van der Waals surface area (Å²) >= 11 is 3.32. The Bertz CT molecular complexity index is 745. The zero-order valence-corrected chi connectivity index (χ0v) is 12.8. The SMILES string of the molecule is CN1C(=O)c2ccc(NCc3cccc(Br)n3)cc2C1=O. The molecule has 0 unspecified atom stereocenters. The first kappa shape index (κ1) is 13.8. The Morgan fingerprint density at radius 2 is 1.90 bits per heavy atom. The number of benzene rings is 1. The largest absolute Gasteiger partial charge is 0.379 e. The van der Waals surface area contributed by atoms with Gasteiger partial charge in [-0.1, -0.05) is 6.07 Å². The van der Waals surface area contributed by atoms with Crippen molar-refractivity contribution in [3.8, 4) is 0 Å². The Kier molecular flexibility index (Phi) is 3.47. The number of imide groups is 1. The van der Waals surface area contributed by atoms with Crippen LogP contribution in [0.25, 0.3) is 0 Å². The highest BCUT2D eigenvalue weighted by Crippen LogP contribution is 2.25. The molecule has 5 nitrogen and oxygen atoms in total. The Morgan fingerprint density at radius 1 is 1.14 bits per heavy atom. The molecule has 0 aliphatic carbocycles. The van der Waals surface area contributed by atoms with E-state index >= 15 is 0 Å². The molecule has 1 aromatic heterocycles. The van der Waals surface area contributed by atoms with Crippen LogP contribution in [0.15, 0.2) is 41.0 Å². The van der Waals surface area contributed by atoms with Crippen molar-refractivity contribution < 1.29 is 9.59 Å². The lowest BCUT2D eigenvalue weighted by Gasteiger charge is -2.07. The van der Waals surface area contributed by atoms with Crippen LogP contribution in [0, 0.1) is 0 Å². The van der Waals surface area contributed by atoms with E-state index in [2.05, 4.69) is 26.2 Å². The molecule has 0 saturated carbocycles. The van der Waals surface area contributed by atoms with Crippen LogP contribution in [0.3, 0.4) is 0 Å². The van der Waals surface area contributed by atoms with Crippen molar-refractivity contribution in [2.45, 2.75) is 6.54 Å². The van der Waals surface area contributed by atoms with Gasteiger partial charge >= 0.3 is 0 Å². The van der Waals surface area contributed by atoms with Gasteiger partial charge in [-0.2, -0.15) is 0 Å². The third kappa shape index (κ3) is 2.54. The molecule has 0 saturated heterocycles. The number of carbonyl (C=O) groups excluding carboxylic acids is 2. The highest BCUT2D eigenvalue weighted by molar-refractivity contribution is 9.10. The molecule has 2 aromatic rings. The van der Waals surface area contributed by atoms with E-state index in [0.717, 1.165) is 20.9 Å². The minimum atomic E-state index is -0.265. The molecule has 6 heteroatoms. The maximum Gasteiger partial charge on any atom is 0.261 e. The molecule has 21 heavy (non-hydrogen) atoms. The van der Waals surface area contributed by atoms with Crippen molar-refractivity contribution in [2.75, 3.05) is 12.4 Å². The zero-order chi connectivity index (χ0) is 15.0. The minimum Gasteiger partial charge on any atom is -0.379 e. The first-order valence-corrected chi connectivity index (χ1v) is 7.17. The Hall–Kier alpha value is -2.21. The number of hydrogen-bond acceptors (Lipinski definition) is 4. The molecule has 2 amide bonds. The van der Waals surface area contributed by atoms with E-state index in [1.54, 1.807) is 18.2 Å². The average Bonchev–Trinajstić information content (AvgIpc) is 2.70. The van der Waals surface area contributed by atoms with Crippen molar-refractivity contribution in [3.05, 3.63) is 57.8 Å². The highest BCUT2D eigenvalue weighted by atomic mass is 79.9. The van der Waals surface area contributed by atoms with Crippen molar-refractivity contribution in [1.82, 2.24) is 9.88 Å². The van der Waals surface area contributed by atoms with Gasteiger partial charge in [-0.3, -0.25) is 14.5 Å². The van der Waals surface area contributed by atoms with E-state index in [-0.39, 0.29) is 11.8 Å². The maximum absolute atomic E-state index is 11.9. The van der Waals surface area contributed by atoms with Crippen LogP contribution < -0.4 is 5.32 Å². The first-order chi connectivity index (χ1) is 10.1. The molecule has 1 aliphatic heterocycles. The van der Waals surface area contributed by atoms with Crippen LogP contribution in [0.5, 0.6) is 0 Å². The second-order valence-electron chi connectivity index (χ2n) is 4.73. The number of amides is 2. The predicted molar refractivity (Wildman–Crippen MR) is 82.1 cm³/mol. The number of aromatic nitrogens is 1. The second kappa shape index (κ2) is 5.29. The summed E-state index contributed by atoms with van der Waals surface area (Å²) in [6.45, 7) is 0.538. The molecule has 3 rings (SSSR count). The summed E-state index contributed by atoms with van der Waals surface area (Å²) in [5.41, 5.74) is 2.56. The zero-order valence-electron chi connectivity index (χ0n) is 11.3. The Labute approximate surface area is 130 Å². The van der Waals surface area contributed by atoms with Crippen molar-refractivity contribution in [2.24, 2.45) is 0 Å². The van der Waals surface area contributed by atoms with Crippen LogP contribution in [-0.2, 0) is 6.54 Å². The number of rotatable bonds is 3. The number of halogens is 1. The summed E-state index contributed by atoms with van der Waals surface area (Å²) in [7, 11) is 1.49. The highest BCUT2D eigenvalue weighted by Gasteiger charge is 2.32. The molecule has 1 aliphatic rings. The molecule has 0 fully saturated rings. The molecule has 0 atom stereocenters. The number of anilines is 1. The first-order valence-electron chi connectivity index (χ1n) is 6.38. The van der Waals surface area contributed by atoms with Crippen LogP contribution in [0.4, 0.5) is 5.69 Å². The Balaban J connectivity index is 1.80. The number of fused-ring (bicyclic) bond motifs is 1. The van der Waals surface area contributed by atoms with Crippen LogP contribution in [-0.4, -0.2) is 28.7 Å². The number of nitrogens with zero attached hydrogens (tertiary/aromatic N) is 2. The van der Waals surface area contributed by atoms with E-state index in [4.69, 9.17) is 0 Å². The van der Waals surface area contributed by atoms with Gasteiger partial charge in [0.1, 0.15) is 4.60 Å². The number of nitrogens with one attached hydrogen (secondary N) is 1. The van der Waals surface area contributed by atoms with Crippen molar-refractivity contribution >= 4 is 33.4 Å². The molecule has 0 radical (unpaired) electrons. The molecule has 106 valence electrons. The van der Waals surface area contributed by atoms with Gasteiger partial charge in [0, 0.05) is 12.7 Å².